The lowest BCUT2D eigenvalue weighted by Crippen LogP contribution is -2.11. The van der Waals surface area contributed by atoms with Crippen molar-refractivity contribution in [3.63, 3.8) is 0 Å². The summed E-state index contributed by atoms with van der Waals surface area (Å²) in [7, 11) is -3.14. The Kier molecular flexibility index (Phi) is 3.82. The van der Waals surface area contributed by atoms with Crippen LogP contribution in [0, 0.1) is 0 Å². The fraction of sp³-hybridized carbons (Fsp3) is 0.636. The molecular weight excluding hydrogens is 244 g/mol. The largest absolute Gasteiger partial charge is 0.387 e. The van der Waals surface area contributed by atoms with Crippen LogP contribution in [0.15, 0.2) is 12.1 Å². The van der Waals surface area contributed by atoms with Crippen LogP contribution in [0.5, 0.6) is 0 Å². The average molecular weight is 262 g/mol. The van der Waals surface area contributed by atoms with Crippen molar-refractivity contribution in [2.45, 2.75) is 32.3 Å². The molecule has 0 bridgehead atoms. The summed E-state index contributed by atoms with van der Waals surface area (Å²) in [5.41, 5.74) is 0.0354. The van der Waals surface area contributed by atoms with Gasteiger partial charge >= 0.3 is 0 Å². The first-order chi connectivity index (χ1) is 7.09. The summed E-state index contributed by atoms with van der Waals surface area (Å²) in [5.74, 6) is -0.211. The van der Waals surface area contributed by atoms with Gasteiger partial charge in [0.1, 0.15) is 15.9 Å². The Morgan fingerprint density at radius 2 is 1.94 bits per heavy atom. The van der Waals surface area contributed by atoms with Crippen molar-refractivity contribution < 1.29 is 13.5 Å². The van der Waals surface area contributed by atoms with E-state index >= 15 is 0 Å². The zero-order valence-electron chi connectivity index (χ0n) is 10.0. The standard InChI is InChI=1S/C11H18O3S2/c1-11(2,3)10-6-5-9(15-10)8(12)7-16(4,13)14/h5-6,8,12H,7H2,1-4H3. The number of rotatable bonds is 3. The highest BCUT2D eigenvalue weighted by Gasteiger charge is 2.20. The molecule has 0 fully saturated rings. The molecule has 0 aromatic carbocycles. The van der Waals surface area contributed by atoms with E-state index in [1.807, 2.05) is 6.07 Å². The van der Waals surface area contributed by atoms with Gasteiger partial charge in [0, 0.05) is 16.0 Å². The zero-order valence-corrected chi connectivity index (χ0v) is 11.7. The van der Waals surface area contributed by atoms with E-state index in [0.29, 0.717) is 0 Å². The van der Waals surface area contributed by atoms with Crippen molar-refractivity contribution in [1.29, 1.82) is 0 Å². The summed E-state index contributed by atoms with van der Waals surface area (Å²) in [5, 5.41) is 9.77. The van der Waals surface area contributed by atoms with Crippen LogP contribution in [0.25, 0.3) is 0 Å². The number of sulfone groups is 1. The monoisotopic (exact) mass is 262 g/mol. The SMILES string of the molecule is CC(C)(C)c1ccc(C(O)CS(C)(=O)=O)s1. The van der Waals surface area contributed by atoms with E-state index < -0.39 is 15.9 Å². The molecule has 1 unspecified atom stereocenters. The van der Waals surface area contributed by atoms with E-state index in [2.05, 4.69) is 20.8 Å². The molecule has 0 aliphatic heterocycles. The summed E-state index contributed by atoms with van der Waals surface area (Å²) in [4.78, 5) is 1.87. The summed E-state index contributed by atoms with van der Waals surface area (Å²) < 4.78 is 22.1. The number of hydrogen-bond acceptors (Lipinski definition) is 4. The topological polar surface area (TPSA) is 54.4 Å². The minimum absolute atomic E-state index is 0.0354. The van der Waals surface area contributed by atoms with Gasteiger partial charge in [0.2, 0.25) is 0 Å². The highest BCUT2D eigenvalue weighted by molar-refractivity contribution is 7.90. The van der Waals surface area contributed by atoms with Gasteiger partial charge in [0.05, 0.1) is 5.75 Å². The van der Waals surface area contributed by atoms with Crippen LogP contribution in [-0.4, -0.2) is 25.5 Å². The van der Waals surface area contributed by atoms with E-state index in [1.54, 1.807) is 6.07 Å². The van der Waals surface area contributed by atoms with Crippen LogP contribution in [0.2, 0.25) is 0 Å². The minimum atomic E-state index is -3.14. The second kappa shape index (κ2) is 4.47. The van der Waals surface area contributed by atoms with Gasteiger partial charge in [-0.05, 0) is 17.5 Å². The molecule has 0 amide bonds. The molecule has 0 aliphatic rings. The van der Waals surface area contributed by atoms with Gasteiger partial charge in [-0.2, -0.15) is 0 Å². The Bertz CT molecular complexity index is 452. The van der Waals surface area contributed by atoms with Crippen molar-refractivity contribution in [1.82, 2.24) is 0 Å². The Labute approximate surface area is 101 Å². The molecule has 0 spiro atoms. The van der Waals surface area contributed by atoms with Crippen LogP contribution >= 0.6 is 11.3 Å². The maximum atomic E-state index is 11.1. The Morgan fingerprint density at radius 1 is 1.38 bits per heavy atom. The maximum Gasteiger partial charge on any atom is 0.150 e. The highest BCUT2D eigenvalue weighted by atomic mass is 32.2. The first-order valence-corrected chi connectivity index (χ1v) is 7.93. The predicted molar refractivity (Wildman–Crippen MR) is 67.7 cm³/mol. The molecule has 16 heavy (non-hydrogen) atoms. The second-order valence-corrected chi connectivity index (χ2v) is 8.36. The second-order valence-electron chi connectivity index (χ2n) is 5.06. The van der Waals surface area contributed by atoms with E-state index in [0.717, 1.165) is 16.0 Å². The molecule has 1 aromatic rings. The minimum Gasteiger partial charge on any atom is -0.387 e. The number of aliphatic hydroxyl groups excluding tert-OH is 1. The first kappa shape index (κ1) is 13.7. The van der Waals surface area contributed by atoms with Crippen LogP contribution in [0.1, 0.15) is 36.6 Å². The molecule has 1 atom stereocenters. The summed E-state index contributed by atoms with van der Waals surface area (Å²) in [6.07, 6.45) is 0.227. The number of hydrogen-bond donors (Lipinski definition) is 1. The lowest BCUT2D eigenvalue weighted by molar-refractivity contribution is 0.205. The van der Waals surface area contributed by atoms with Crippen molar-refractivity contribution in [3.8, 4) is 0 Å². The number of aliphatic hydroxyl groups is 1. The molecule has 1 aromatic heterocycles. The molecule has 1 heterocycles. The van der Waals surface area contributed by atoms with Gasteiger partial charge in [0.25, 0.3) is 0 Å². The lowest BCUT2D eigenvalue weighted by Gasteiger charge is -2.15. The van der Waals surface area contributed by atoms with Crippen molar-refractivity contribution >= 4 is 21.2 Å². The third-order valence-electron chi connectivity index (χ3n) is 2.16. The average Bonchev–Trinajstić information content (AvgIpc) is 2.46. The van der Waals surface area contributed by atoms with Crippen LogP contribution in [-0.2, 0) is 15.3 Å². The third kappa shape index (κ3) is 3.88. The van der Waals surface area contributed by atoms with Crippen LogP contribution < -0.4 is 0 Å². The van der Waals surface area contributed by atoms with E-state index in [-0.39, 0.29) is 11.2 Å². The molecule has 1 N–H and O–H groups in total. The van der Waals surface area contributed by atoms with Crippen molar-refractivity contribution in [2.24, 2.45) is 0 Å². The Hall–Kier alpha value is -0.390. The molecule has 0 aliphatic carbocycles. The summed E-state index contributed by atoms with van der Waals surface area (Å²) in [6.45, 7) is 6.27. The molecule has 3 nitrogen and oxygen atoms in total. The van der Waals surface area contributed by atoms with Crippen molar-refractivity contribution in [2.75, 3.05) is 12.0 Å². The molecule has 1 rings (SSSR count). The Balaban J connectivity index is 2.87. The molecule has 5 heteroatoms. The van der Waals surface area contributed by atoms with Crippen LogP contribution in [0.3, 0.4) is 0 Å². The van der Waals surface area contributed by atoms with Gasteiger partial charge in [-0.25, -0.2) is 8.42 Å². The molecular formula is C11H18O3S2. The fourth-order valence-corrected chi connectivity index (χ4v) is 3.21. The van der Waals surface area contributed by atoms with E-state index in [4.69, 9.17) is 0 Å². The summed E-state index contributed by atoms with van der Waals surface area (Å²) in [6, 6.07) is 3.76. The van der Waals surface area contributed by atoms with E-state index in [1.165, 1.54) is 11.3 Å². The molecule has 0 saturated heterocycles. The normalized spacial score (nSPS) is 15.1. The Morgan fingerprint density at radius 3 is 2.31 bits per heavy atom. The van der Waals surface area contributed by atoms with Crippen LogP contribution in [0.4, 0.5) is 0 Å². The van der Waals surface area contributed by atoms with Gasteiger partial charge < -0.3 is 5.11 Å². The molecule has 0 radical (unpaired) electrons. The fourth-order valence-electron chi connectivity index (χ4n) is 1.30. The smallest absolute Gasteiger partial charge is 0.150 e. The van der Waals surface area contributed by atoms with Gasteiger partial charge in [-0.1, -0.05) is 20.8 Å². The number of thiophene rings is 1. The van der Waals surface area contributed by atoms with Crippen molar-refractivity contribution in [3.05, 3.63) is 21.9 Å². The molecule has 0 saturated carbocycles. The third-order valence-corrected chi connectivity index (χ3v) is 4.69. The quantitative estimate of drug-likeness (QED) is 0.908. The lowest BCUT2D eigenvalue weighted by atomic mass is 9.95. The van der Waals surface area contributed by atoms with Gasteiger partial charge in [0.15, 0.2) is 0 Å². The zero-order chi connectivity index (χ0) is 12.6. The van der Waals surface area contributed by atoms with Gasteiger partial charge in [-0.3, -0.25) is 0 Å². The first-order valence-electron chi connectivity index (χ1n) is 5.05. The maximum absolute atomic E-state index is 11.1. The summed E-state index contributed by atoms with van der Waals surface area (Å²) >= 11 is 1.47. The molecule has 92 valence electrons. The van der Waals surface area contributed by atoms with E-state index in [9.17, 15) is 13.5 Å². The highest BCUT2D eigenvalue weighted by Crippen LogP contribution is 2.32. The predicted octanol–water partition coefficient (Wildman–Crippen LogP) is 2.12. The van der Waals surface area contributed by atoms with Gasteiger partial charge in [-0.15, -0.1) is 11.3 Å².